The van der Waals surface area contributed by atoms with Gasteiger partial charge < -0.3 is 15.1 Å². The molecule has 1 aliphatic heterocycles. The smallest absolute Gasteiger partial charge is 0.257 e. The summed E-state index contributed by atoms with van der Waals surface area (Å²) in [6, 6.07) is 10.1. The predicted molar refractivity (Wildman–Crippen MR) is 111 cm³/mol. The molecule has 3 aromatic heterocycles. The molecule has 148 valence electrons. The number of fused-ring (bicyclic) bond motifs is 2. The summed E-state index contributed by atoms with van der Waals surface area (Å²) in [5, 5.41) is 1.58. The molecular weight excluding hydrogens is 388 g/mol. The fraction of sp³-hybridized carbons (Fsp3) is 0.250. The minimum atomic E-state index is -0.159. The number of hydrogen-bond acceptors (Lipinski definition) is 7. The van der Waals surface area contributed by atoms with Crippen LogP contribution in [0.3, 0.4) is 0 Å². The lowest BCUT2D eigenvalue weighted by Gasteiger charge is -2.26. The lowest BCUT2D eigenvalue weighted by molar-refractivity contribution is 0.217. The van der Waals surface area contributed by atoms with E-state index in [2.05, 4.69) is 37.8 Å². The molecule has 0 atom stereocenters. The van der Waals surface area contributed by atoms with Gasteiger partial charge in [-0.05, 0) is 48.5 Å². The van der Waals surface area contributed by atoms with Crippen molar-refractivity contribution in [1.82, 2.24) is 24.8 Å². The molecule has 4 heterocycles. The van der Waals surface area contributed by atoms with Gasteiger partial charge in [-0.15, -0.1) is 0 Å². The lowest BCUT2D eigenvalue weighted by atomic mass is 10.1. The van der Waals surface area contributed by atoms with Crippen molar-refractivity contribution in [2.24, 2.45) is 0 Å². The molecule has 0 saturated carbocycles. The molecule has 0 aliphatic carbocycles. The fourth-order valence-electron chi connectivity index (χ4n) is 3.60. The lowest BCUT2D eigenvalue weighted by Crippen LogP contribution is -2.35. The van der Waals surface area contributed by atoms with Crippen molar-refractivity contribution in [2.75, 3.05) is 12.3 Å². The van der Waals surface area contributed by atoms with Crippen LogP contribution in [0.2, 0.25) is 0 Å². The SMILES string of the molecule is Cc1ccc2nc(Sc3ccc(CN4CCc5nc(N)[nH]c(=O)c5C4)o3)[nH]c2c1. The number of rotatable bonds is 4. The summed E-state index contributed by atoms with van der Waals surface area (Å²) in [5.74, 6) is 1.03. The first-order chi connectivity index (χ1) is 14.0. The highest BCUT2D eigenvalue weighted by atomic mass is 32.2. The van der Waals surface area contributed by atoms with Crippen LogP contribution in [0.5, 0.6) is 0 Å². The van der Waals surface area contributed by atoms with Gasteiger partial charge in [-0.3, -0.25) is 14.7 Å². The molecule has 4 aromatic rings. The first-order valence-electron chi connectivity index (χ1n) is 9.36. The van der Waals surface area contributed by atoms with Crippen molar-refractivity contribution in [1.29, 1.82) is 0 Å². The Balaban J connectivity index is 1.28. The summed E-state index contributed by atoms with van der Waals surface area (Å²) in [6.07, 6.45) is 0.699. The summed E-state index contributed by atoms with van der Waals surface area (Å²) >= 11 is 1.46. The molecule has 0 saturated heterocycles. The molecule has 9 heteroatoms. The van der Waals surface area contributed by atoms with Crippen molar-refractivity contribution in [3.63, 3.8) is 0 Å². The van der Waals surface area contributed by atoms with E-state index in [-0.39, 0.29) is 11.5 Å². The van der Waals surface area contributed by atoms with Crippen LogP contribution in [0.4, 0.5) is 5.95 Å². The summed E-state index contributed by atoms with van der Waals surface area (Å²) < 4.78 is 5.99. The average Bonchev–Trinajstić information content (AvgIpc) is 3.28. The van der Waals surface area contributed by atoms with E-state index in [0.717, 1.165) is 39.3 Å². The van der Waals surface area contributed by atoms with Crippen molar-refractivity contribution in [3.8, 4) is 0 Å². The number of imidazole rings is 1. The van der Waals surface area contributed by atoms with Gasteiger partial charge in [0.15, 0.2) is 10.2 Å². The van der Waals surface area contributed by atoms with Crippen molar-refractivity contribution < 1.29 is 4.42 Å². The Hall–Kier alpha value is -3.04. The van der Waals surface area contributed by atoms with Gasteiger partial charge in [0.1, 0.15) is 5.76 Å². The minimum Gasteiger partial charge on any atom is -0.453 e. The van der Waals surface area contributed by atoms with Gasteiger partial charge >= 0.3 is 0 Å². The number of nitrogens with two attached hydrogens (primary N) is 1. The molecule has 29 heavy (non-hydrogen) atoms. The van der Waals surface area contributed by atoms with E-state index in [0.29, 0.717) is 25.1 Å². The van der Waals surface area contributed by atoms with Gasteiger partial charge in [-0.2, -0.15) is 0 Å². The number of aryl methyl sites for hydroxylation is 1. The van der Waals surface area contributed by atoms with E-state index >= 15 is 0 Å². The Kier molecular flexibility index (Phi) is 4.40. The topological polar surface area (TPSA) is 117 Å². The molecule has 1 aliphatic rings. The maximum atomic E-state index is 12.1. The van der Waals surface area contributed by atoms with Crippen molar-refractivity contribution in [3.05, 3.63) is 63.3 Å². The largest absolute Gasteiger partial charge is 0.453 e. The number of anilines is 1. The van der Waals surface area contributed by atoms with Crippen LogP contribution >= 0.6 is 11.8 Å². The van der Waals surface area contributed by atoms with E-state index in [1.54, 1.807) is 0 Å². The second kappa shape index (κ2) is 7.09. The zero-order chi connectivity index (χ0) is 20.0. The number of nitrogens with zero attached hydrogens (tertiary/aromatic N) is 3. The van der Waals surface area contributed by atoms with Crippen LogP contribution in [0.15, 0.2) is 49.8 Å². The minimum absolute atomic E-state index is 0.159. The van der Waals surface area contributed by atoms with Crippen LogP contribution < -0.4 is 11.3 Å². The van der Waals surface area contributed by atoms with Crippen LogP contribution in [0.1, 0.15) is 22.6 Å². The average molecular weight is 408 g/mol. The molecule has 5 rings (SSSR count). The fourth-order valence-corrected chi connectivity index (χ4v) is 4.38. The van der Waals surface area contributed by atoms with E-state index in [4.69, 9.17) is 10.2 Å². The monoisotopic (exact) mass is 408 g/mol. The Morgan fingerprint density at radius 1 is 1.24 bits per heavy atom. The highest BCUT2D eigenvalue weighted by Crippen LogP contribution is 2.29. The Labute approximate surface area is 170 Å². The standard InChI is InChI=1S/C20H20N6O2S/c1-11-2-4-15-16(8-11)24-20(23-15)29-17-5-3-12(28-17)9-26-7-6-14-13(10-26)18(27)25-19(21)22-14/h2-5,8H,6-7,9-10H2,1H3,(H,23,24)(H3,21,22,25,27). The van der Waals surface area contributed by atoms with Gasteiger partial charge in [-0.1, -0.05) is 6.07 Å². The Morgan fingerprint density at radius 3 is 3.03 bits per heavy atom. The first-order valence-corrected chi connectivity index (χ1v) is 10.2. The zero-order valence-electron chi connectivity index (χ0n) is 15.9. The first kappa shape index (κ1) is 18.0. The van der Waals surface area contributed by atoms with Crippen LogP contribution in [-0.4, -0.2) is 31.4 Å². The highest BCUT2D eigenvalue weighted by molar-refractivity contribution is 7.99. The summed E-state index contributed by atoms with van der Waals surface area (Å²) in [6.45, 7) is 4.02. The summed E-state index contributed by atoms with van der Waals surface area (Å²) in [7, 11) is 0. The highest BCUT2D eigenvalue weighted by Gasteiger charge is 2.22. The zero-order valence-corrected chi connectivity index (χ0v) is 16.7. The number of nitrogens with one attached hydrogen (secondary N) is 2. The normalized spacial score (nSPS) is 14.4. The van der Waals surface area contributed by atoms with Gasteiger partial charge in [0.25, 0.3) is 5.56 Å². The van der Waals surface area contributed by atoms with E-state index in [1.807, 2.05) is 24.3 Å². The van der Waals surface area contributed by atoms with Crippen LogP contribution in [-0.2, 0) is 19.5 Å². The molecule has 0 radical (unpaired) electrons. The molecule has 0 amide bonds. The molecule has 8 nitrogen and oxygen atoms in total. The van der Waals surface area contributed by atoms with Gasteiger partial charge in [0.2, 0.25) is 5.95 Å². The second-order valence-electron chi connectivity index (χ2n) is 7.22. The van der Waals surface area contributed by atoms with Crippen LogP contribution in [0, 0.1) is 6.92 Å². The second-order valence-corrected chi connectivity index (χ2v) is 8.22. The van der Waals surface area contributed by atoms with Crippen LogP contribution in [0.25, 0.3) is 11.0 Å². The number of benzene rings is 1. The van der Waals surface area contributed by atoms with E-state index in [9.17, 15) is 4.79 Å². The summed E-state index contributed by atoms with van der Waals surface area (Å²) in [4.78, 5) is 29.1. The number of hydrogen-bond donors (Lipinski definition) is 3. The van der Waals surface area contributed by atoms with Crippen molar-refractivity contribution >= 4 is 28.7 Å². The molecule has 1 aromatic carbocycles. The number of furan rings is 1. The molecular formula is C20H20N6O2S. The number of aromatic nitrogens is 4. The molecule has 4 N–H and O–H groups in total. The van der Waals surface area contributed by atoms with E-state index in [1.165, 1.54) is 17.3 Å². The third kappa shape index (κ3) is 3.66. The van der Waals surface area contributed by atoms with Gasteiger partial charge in [0.05, 0.1) is 28.8 Å². The molecule has 0 unspecified atom stereocenters. The predicted octanol–water partition coefficient (Wildman–Crippen LogP) is 2.84. The molecule has 0 fully saturated rings. The number of aromatic amines is 2. The Bertz CT molecular complexity index is 1260. The van der Waals surface area contributed by atoms with Gasteiger partial charge in [-0.25, -0.2) is 9.97 Å². The van der Waals surface area contributed by atoms with Gasteiger partial charge in [0, 0.05) is 19.5 Å². The molecule has 0 bridgehead atoms. The van der Waals surface area contributed by atoms with Crippen molar-refractivity contribution in [2.45, 2.75) is 36.7 Å². The number of H-pyrrole nitrogens is 2. The quantitative estimate of drug-likeness (QED) is 0.475. The Morgan fingerprint density at radius 2 is 2.14 bits per heavy atom. The maximum absolute atomic E-state index is 12.1. The summed E-state index contributed by atoms with van der Waals surface area (Å²) in [5.41, 5.74) is 10.1. The van der Waals surface area contributed by atoms with E-state index < -0.39 is 0 Å². The third-order valence-electron chi connectivity index (χ3n) is 5.00. The maximum Gasteiger partial charge on any atom is 0.257 e. The number of nitrogen functional groups attached to an aromatic ring is 1. The molecule has 0 spiro atoms. The third-order valence-corrected chi connectivity index (χ3v) is 5.80.